The van der Waals surface area contributed by atoms with Crippen LogP contribution in [0.1, 0.15) is 12.5 Å². The minimum absolute atomic E-state index is 0.0584. The summed E-state index contributed by atoms with van der Waals surface area (Å²) in [5.41, 5.74) is -1.17. The summed E-state index contributed by atoms with van der Waals surface area (Å²) < 4.78 is 10.1. The fourth-order valence-corrected chi connectivity index (χ4v) is 2.93. The van der Waals surface area contributed by atoms with Crippen molar-refractivity contribution in [3.05, 3.63) is 52.1 Å². The first kappa shape index (κ1) is 20.9. The van der Waals surface area contributed by atoms with Crippen LogP contribution in [-0.4, -0.2) is 56.3 Å². The Bertz CT molecular complexity index is 899. The van der Waals surface area contributed by atoms with Crippen LogP contribution in [0.5, 0.6) is 5.75 Å². The fraction of sp³-hybridized carbons (Fsp3) is 0.368. The molecule has 0 bridgehead atoms. The van der Waals surface area contributed by atoms with Crippen molar-refractivity contribution in [1.82, 2.24) is 4.90 Å². The highest BCUT2D eigenvalue weighted by Gasteiger charge is 2.45. The average molecular weight is 390 g/mol. The smallest absolute Gasteiger partial charge is 0.325 e. The molecule has 1 atom stereocenters. The van der Waals surface area contributed by atoms with Gasteiger partial charge in [0, 0.05) is 13.6 Å². The molecule has 150 valence electrons. The number of hydrogen-bond donors (Lipinski definition) is 0. The zero-order valence-electron chi connectivity index (χ0n) is 16.1. The van der Waals surface area contributed by atoms with Gasteiger partial charge in [0.2, 0.25) is 5.91 Å². The molecular weight excluding hydrogens is 368 g/mol. The van der Waals surface area contributed by atoms with Gasteiger partial charge in [0.05, 0.1) is 14.2 Å². The molecule has 0 aliphatic heterocycles. The maximum atomic E-state index is 13.1. The molecule has 0 unspecified atom stereocenters. The third-order valence-corrected chi connectivity index (χ3v) is 4.62. The van der Waals surface area contributed by atoms with Gasteiger partial charge in [0.15, 0.2) is 5.41 Å². The Morgan fingerprint density at radius 3 is 2.39 bits per heavy atom. The SMILES string of the molecule is COC(=O)[C@](C)(C(=O)N(C)CCO[N+](=O)[O-])c1ccc2cc(OC)ccc2c1. The second-order valence-electron chi connectivity index (χ2n) is 6.33. The van der Waals surface area contributed by atoms with E-state index >= 15 is 0 Å². The number of fused-ring (bicyclic) bond motifs is 1. The lowest BCUT2D eigenvalue weighted by atomic mass is 9.80. The molecule has 0 heterocycles. The van der Waals surface area contributed by atoms with Crippen LogP contribution >= 0.6 is 0 Å². The van der Waals surface area contributed by atoms with Gasteiger partial charge in [-0.15, -0.1) is 10.1 Å². The number of carbonyl (C=O) groups is 2. The normalized spacial score (nSPS) is 12.7. The summed E-state index contributed by atoms with van der Waals surface area (Å²) in [6.45, 7) is 1.11. The predicted molar refractivity (Wildman–Crippen MR) is 100 cm³/mol. The lowest BCUT2D eigenvalue weighted by molar-refractivity contribution is -0.757. The van der Waals surface area contributed by atoms with E-state index in [0.29, 0.717) is 11.3 Å². The maximum absolute atomic E-state index is 13.1. The van der Waals surface area contributed by atoms with Gasteiger partial charge in [-0.2, -0.15) is 0 Å². The first-order valence-electron chi connectivity index (χ1n) is 8.43. The van der Waals surface area contributed by atoms with Crippen LogP contribution in [0.15, 0.2) is 36.4 Å². The Labute approximate surface area is 161 Å². The van der Waals surface area contributed by atoms with Crippen LogP contribution in [0.3, 0.4) is 0 Å². The van der Waals surface area contributed by atoms with Gasteiger partial charge in [-0.05, 0) is 41.5 Å². The number of methoxy groups -OCH3 is 2. The minimum Gasteiger partial charge on any atom is -0.497 e. The quantitative estimate of drug-likeness (QED) is 0.293. The van der Waals surface area contributed by atoms with E-state index < -0.39 is 22.4 Å². The van der Waals surface area contributed by atoms with Crippen molar-refractivity contribution in [3.8, 4) is 5.75 Å². The molecular formula is C19H22N2O7. The molecule has 2 aromatic carbocycles. The Kier molecular flexibility index (Phi) is 6.40. The summed E-state index contributed by atoms with van der Waals surface area (Å²) in [6.07, 6.45) is 0. The van der Waals surface area contributed by atoms with Gasteiger partial charge in [-0.25, -0.2) is 0 Å². The number of rotatable bonds is 8. The number of nitrogens with zero attached hydrogens (tertiary/aromatic N) is 2. The second-order valence-corrected chi connectivity index (χ2v) is 6.33. The standard InChI is InChI=1S/C19H22N2O7/c1-19(18(23)27-4,17(22)20(2)9-10-28-21(24)25)15-7-5-14-12-16(26-3)8-6-13(14)11-15/h5-8,11-12H,9-10H2,1-4H3/t19-/m0/s1. The van der Waals surface area contributed by atoms with Crippen LogP contribution in [0.2, 0.25) is 0 Å². The Hall–Kier alpha value is -3.36. The van der Waals surface area contributed by atoms with E-state index in [-0.39, 0.29) is 13.2 Å². The van der Waals surface area contributed by atoms with Gasteiger partial charge in [-0.1, -0.05) is 18.2 Å². The molecule has 0 fully saturated rings. The number of hydrogen-bond acceptors (Lipinski definition) is 7. The van der Waals surface area contributed by atoms with Crippen molar-refractivity contribution in [3.63, 3.8) is 0 Å². The zero-order valence-corrected chi connectivity index (χ0v) is 16.1. The maximum Gasteiger partial charge on any atom is 0.325 e. The van der Waals surface area contributed by atoms with E-state index in [1.54, 1.807) is 31.4 Å². The highest BCUT2D eigenvalue weighted by Crippen LogP contribution is 2.31. The van der Waals surface area contributed by atoms with Gasteiger partial charge >= 0.3 is 5.97 Å². The molecule has 0 radical (unpaired) electrons. The molecule has 2 rings (SSSR count). The summed E-state index contributed by atoms with van der Waals surface area (Å²) in [7, 11) is 4.22. The van der Waals surface area contributed by atoms with Crippen molar-refractivity contribution in [2.24, 2.45) is 0 Å². The predicted octanol–water partition coefficient (Wildman–Crippen LogP) is 1.95. The summed E-state index contributed by atoms with van der Waals surface area (Å²) in [5.74, 6) is -0.593. The topological polar surface area (TPSA) is 108 Å². The molecule has 0 aliphatic carbocycles. The highest BCUT2D eigenvalue weighted by atomic mass is 16.9. The van der Waals surface area contributed by atoms with Crippen LogP contribution < -0.4 is 4.74 Å². The van der Waals surface area contributed by atoms with Gasteiger partial charge in [0.25, 0.3) is 5.09 Å². The van der Waals surface area contributed by atoms with E-state index in [2.05, 4.69) is 4.84 Å². The molecule has 0 aliphatic rings. The molecule has 2 aromatic rings. The Morgan fingerprint density at radius 1 is 1.14 bits per heavy atom. The number of amides is 1. The Morgan fingerprint density at radius 2 is 1.79 bits per heavy atom. The first-order chi connectivity index (χ1) is 13.2. The molecule has 0 N–H and O–H groups in total. The summed E-state index contributed by atoms with van der Waals surface area (Å²) in [4.78, 5) is 41.4. The van der Waals surface area contributed by atoms with E-state index in [1.807, 2.05) is 12.1 Å². The van der Waals surface area contributed by atoms with E-state index in [1.165, 1.54) is 26.0 Å². The van der Waals surface area contributed by atoms with E-state index in [9.17, 15) is 19.7 Å². The highest BCUT2D eigenvalue weighted by molar-refractivity contribution is 6.08. The monoisotopic (exact) mass is 390 g/mol. The number of carbonyl (C=O) groups excluding carboxylic acids is 2. The van der Waals surface area contributed by atoms with Crippen LogP contribution in [0, 0.1) is 10.1 Å². The van der Waals surface area contributed by atoms with Crippen molar-refractivity contribution in [2.75, 3.05) is 34.4 Å². The van der Waals surface area contributed by atoms with Crippen molar-refractivity contribution in [1.29, 1.82) is 0 Å². The van der Waals surface area contributed by atoms with Crippen LogP contribution in [-0.2, 0) is 24.6 Å². The Balaban J connectivity index is 2.41. The lowest BCUT2D eigenvalue weighted by Gasteiger charge is -2.30. The zero-order chi connectivity index (χ0) is 20.9. The van der Waals surface area contributed by atoms with Gasteiger partial charge in [-0.3, -0.25) is 9.59 Å². The number of esters is 1. The lowest BCUT2D eigenvalue weighted by Crippen LogP contribution is -2.50. The third kappa shape index (κ3) is 4.13. The molecule has 0 spiro atoms. The minimum atomic E-state index is -1.62. The van der Waals surface area contributed by atoms with Gasteiger partial charge in [0.1, 0.15) is 12.4 Å². The van der Waals surface area contributed by atoms with Crippen molar-refractivity contribution >= 4 is 22.6 Å². The molecule has 0 saturated heterocycles. The molecule has 0 saturated carbocycles. The third-order valence-electron chi connectivity index (χ3n) is 4.62. The van der Waals surface area contributed by atoms with Crippen molar-refractivity contribution in [2.45, 2.75) is 12.3 Å². The number of benzene rings is 2. The van der Waals surface area contributed by atoms with E-state index in [4.69, 9.17) is 9.47 Å². The first-order valence-corrected chi connectivity index (χ1v) is 8.43. The van der Waals surface area contributed by atoms with Gasteiger partial charge < -0.3 is 19.2 Å². The summed E-state index contributed by atoms with van der Waals surface area (Å²) in [5, 5.41) is 11.1. The van der Waals surface area contributed by atoms with Crippen LogP contribution in [0.4, 0.5) is 0 Å². The fourth-order valence-electron chi connectivity index (χ4n) is 2.93. The number of likely N-dealkylation sites (N-methyl/N-ethyl adjacent to an activating group) is 1. The summed E-state index contributed by atoms with van der Waals surface area (Å²) in [6, 6.07) is 10.7. The molecule has 9 heteroatoms. The molecule has 28 heavy (non-hydrogen) atoms. The molecule has 0 aromatic heterocycles. The average Bonchev–Trinajstić information content (AvgIpc) is 2.70. The van der Waals surface area contributed by atoms with E-state index in [0.717, 1.165) is 10.8 Å². The summed E-state index contributed by atoms with van der Waals surface area (Å²) >= 11 is 0. The largest absolute Gasteiger partial charge is 0.497 e. The molecule has 9 nitrogen and oxygen atoms in total. The molecule has 1 amide bonds. The van der Waals surface area contributed by atoms with Crippen molar-refractivity contribution < 1.29 is 29.0 Å². The van der Waals surface area contributed by atoms with Crippen LogP contribution in [0.25, 0.3) is 10.8 Å². The number of ether oxygens (including phenoxy) is 2. The second kappa shape index (κ2) is 8.55.